The molecule has 158 valence electrons. The van der Waals surface area contributed by atoms with Crippen LogP contribution in [0.2, 0.25) is 5.02 Å². The molecule has 32 heavy (non-hydrogen) atoms. The number of ketones is 1. The second kappa shape index (κ2) is 6.39. The summed E-state index contributed by atoms with van der Waals surface area (Å²) in [7, 11) is 0. The molecule has 1 saturated heterocycles. The van der Waals surface area contributed by atoms with E-state index < -0.39 is 17.3 Å². The van der Waals surface area contributed by atoms with Crippen molar-refractivity contribution in [3.05, 3.63) is 99.6 Å². The average molecular weight is 442 g/mol. The van der Waals surface area contributed by atoms with Crippen molar-refractivity contribution in [2.24, 2.45) is 11.8 Å². The maximum atomic E-state index is 14.0. The number of rotatable bonds is 2. The van der Waals surface area contributed by atoms with Crippen LogP contribution < -0.4 is 4.90 Å². The molecule has 2 atom stereocenters. The van der Waals surface area contributed by atoms with Gasteiger partial charge in [-0.1, -0.05) is 66.2 Å². The molecule has 0 radical (unpaired) electrons. The summed E-state index contributed by atoms with van der Waals surface area (Å²) in [4.78, 5) is 42.8. The Hall–Kier alpha value is -3.24. The van der Waals surface area contributed by atoms with Crippen LogP contribution >= 0.6 is 11.6 Å². The molecule has 0 unspecified atom stereocenters. The molecule has 1 fully saturated rings. The molecule has 1 aliphatic heterocycles. The molecule has 4 aliphatic rings. The van der Waals surface area contributed by atoms with Crippen LogP contribution in [0.4, 0.5) is 5.69 Å². The lowest BCUT2D eigenvalue weighted by Crippen LogP contribution is -2.57. The SMILES string of the molecule is CC(=O)C12c3ccccc3C(c3ccccc31)[C@@H]1C(=O)N(c3cc(Cl)ccc3C)C(=O)[C@H]12. The Kier molecular flexibility index (Phi) is 3.89. The topological polar surface area (TPSA) is 54.5 Å². The van der Waals surface area contributed by atoms with Crippen LogP contribution in [0.1, 0.15) is 40.7 Å². The summed E-state index contributed by atoms with van der Waals surface area (Å²) in [6, 6.07) is 20.8. The maximum Gasteiger partial charge on any atom is 0.239 e. The highest BCUT2D eigenvalue weighted by Gasteiger charge is 2.70. The van der Waals surface area contributed by atoms with E-state index in [0.29, 0.717) is 10.7 Å². The molecule has 1 heterocycles. The van der Waals surface area contributed by atoms with Crippen LogP contribution in [0.5, 0.6) is 0 Å². The number of Topliss-reactive ketones (excluding diaryl/α,β-unsaturated/α-hetero) is 1. The van der Waals surface area contributed by atoms with Gasteiger partial charge in [0.1, 0.15) is 5.78 Å². The number of amides is 2. The van der Waals surface area contributed by atoms with Gasteiger partial charge in [0.2, 0.25) is 11.8 Å². The molecule has 7 rings (SSSR count). The molecule has 0 saturated carbocycles. The van der Waals surface area contributed by atoms with Crippen molar-refractivity contribution in [1.82, 2.24) is 0 Å². The number of hydrogen-bond donors (Lipinski definition) is 0. The van der Waals surface area contributed by atoms with Gasteiger partial charge in [0, 0.05) is 10.9 Å². The minimum absolute atomic E-state index is 0.114. The van der Waals surface area contributed by atoms with E-state index in [1.54, 1.807) is 25.1 Å². The third kappa shape index (κ3) is 2.11. The fourth-order valence-corrected chi connectivity index (χ4v) is 6.60. The van der Waals surface area contributed by atoms with Gasteiger partial charge in [-0.25, -0.2) is 4.90 Å². The zero-order valence-electron chi connectivity index (χ0n) is 17.6. The number of aryl methyl sites for hydroxylation is 1. The molecule has 3 aliphatic carbocycles. The Morgan fingerprint density at radius 3 is 2.09 bits per heavy atom. The zero-order chi connectivity index (χ0) is 22.4. The summed E-state index contributed by atoms with van der Waals surface area (Å²) in [6.07, 6.45) is 0. The summed E-state index contributed by atoms with van der Waals surface area (Å²) in [5.41, 5.74) is 3.73. The fourth-order valence-electron chi connectivity index (χ4n) is 6.43. The van der Waals surface area contributed by atoms with E-state index >= 15 is 0 Å². The van der Waals surface area contributed by atoms with Crippen LogP contribution in [0.15, 0.2) is 66.7 Å². The van der Waals surface area contributed by atoms with Crippen molar-refractivity contribution in [1.29, 1.82) is 0 Å². The first kappa shape index (κ1) is 19.4. The fraction of sp³-hybridized carbons (Fsp3) is 0.222. The number of halogens is 1. The molecule has 0 aromatic heterocycles. The van der Waals surface area contributed by atoms with Crippen molar-refractivity contribution >= 4 is 34.9 Å². The summed E-state index contributed by atoms with van der Waals surface area (Å²) >= 11 is 6.23. The zero-order valence-corrected chi connectivity index (χ0v) is 18.4. The van der Waals surface area contributed by atoms with Gasteiger partial charge in [-0.3, -0.25) is 14.4 Å². The number of nitrogens with zero attached hydrogens (tertiary/aromatic N) is 1. The quantitative estimate of drug-likeness (QED) is 0.537. The summed E-state index contributed by atoms with van der Waals surface area (Å²) < 4.78 is 0. The van der Waals surface area contributed by atoms with E-state index in [2.05, 4.69) is 0 Å². The van der Waals surface area contributed by atoms with Gasteiger partial charge in [0.05, 0.1) is 22.9 Å². The van der Waals surface area contributed by atoms with Crippen molar-refractivity contribution in [3.63, 3.8) is 0 Å². The minimum Gasteiger partial charge on any atom is -0.299 e. The van der Waals surface area contributed by atoms with Crippen LogP contribution in [-0.2, 0) is 19.8 Å². The van der Waals surface area contributed by atoms with Crippen molar-refractivity contribution in [2.45, 2.75) is 25.2 Å². The molecule has 0 spiro atoms. The Morgan fingerprint density at radius 1 is 0.906 bits per heavy atom. The number of carbonyl (C=O) groups excluding carboxylic acids is 3. The standard InChI is InChI=1S/C27H20ClNO3/c1-14-11-12-16(28)13-21(14)29-25(31)23-22-17-7-3-5-9-19(17)27(15(2)30,24(23)26(29)32)20-10-6-4-8-18(20)22/h3-13,22-24H,1-2H3/t22?,23-,24-,27?/m0/s1. The predicted molar refractivity (Wildman–Crippen MR) is 122 cm³/mol. The first-order valence-corrected chi connectivity index (χ1v) is 11.1. The van der Waals surface area contributed by atoms with E-state index in [4.69, 9.17) is 11.6 Å². The van der Waals surface area contributed by atoms with Crippen molar-refractivity contribution < 1.29 is 14.4 Å². The number of anilines is 1. The van der Waals surface area contributed by atoms with Gasteiger partial charge >= 0.3 is 0 Å². The molecule has 5 heteroatoms. The van der Waals surface area contributed by atoms with Gasteiger partial charge in [-0.15, -0.1) is 0 Å². The summed E-state index contributed by atoms with van der Waals surface area (Å²) in [6.45, 7) is 3.40. The van der Waals surface area contributed by atoms with Crippen LogP contribution in [0.3, 0.4) is 0 Å². The van der Waals surface area contributed by atoms with E-state index in [-0.39, 0.29) is 23.5 Å². The molecular formula is C27H20ClNO3. The molecule has 2 amide bonds. The normalized spacial score (nSPS) is 27.2. The Morgan fingerprint density at radius 2 is 1.50 bits per heavy atom. The smallest absolute Gasteiger partial charge is 0.239 e. The Bertz CT molecular complexity index is 1310. The van der Waals surface area contributed by atoms with E-state index in [1.165, 1.54) is 4.90 Å². The van der Waals surface area contributed by atoms with E-state index in [0.717, 1.165) is 27.8 Å². The number of hydrogen-bond acceptors (Lipinski definition) is 3. The van der Waals surface area contributed by atoms with Gasteiger partial charge in [0.15, 0.2) is 0 Å². The molecule has 4 nitrogen and oxygen atoms in total. The van der Waals surface area contributed by atoms with Gasteiger partial charge in [0.25, 0.3) is 0 Å². The molecule has 3 aromatic rings. The largest absolute Gasteiger partial charge is 0.299 e. The lowest BCUT2D eigenvalue weighted by Gasteiger charge is -2.52. The highest BCUT2D eigenvalue weighted by atomic mass is 35.5. The second-order valence-electron chi connectivity index (χ2n) is 8.96. The second-order valence-corrected chi connectivity index (χ2v) is 9.40. The van der Waals surface area contributed by atoms with Gasteiger partial charge in [-0.05, 0) is 53.8 Å². The van der Waals surface area contributed by atoms with Crippen LogP contribution in [0.25, 0.3) is 0 Å². The monoisotopic (exact) mass is 441 g/mol. The van der Waals surface area contributed by atoms with Crippen molar-refractivity contribution in [2.75, 3.05) is 4.90 Å². The first-order valence-electron chi connectivity index (χ1n) is 10.7. The Balaban J connectivity index is 1.68. The average Bonchev–Trinajstić information content (AvgIpc) is 3.06. The first-order chi connectivity index (χ1) is 15.4. The number of imide groups is 1. The van der Waals surface area contributed by atoms with E-state index in [9.17, 15) is 14.4 Å². The highest BCUT2D eigenvalue weighted by molar-refractivity contribution is 6.32. The molecule has 2 bridgehead atoms. The summed E-state index contributed by atoms with van der Waals surface area (Å²) in [5, 5.41) is 0.455. The van der Waals surface area contributed by atoms with Gasteiger partial charge < -0.3 is 0 Å². The summed E-state index contributed by atoms with van der Waals surface area (Å²) in [5.74, 6) is -2.37. The lowest BCUT2D eigenvalue weighted by atomic mass is 9.46. The molecule has 0 N–H and O–H groups in total. The van der Waals surface area contributed by atoms with Crippen LogP contribution in [0, 0.1) is 18.8 Å². The Labute approximate surface area is 190 Å². The van der Waals surface area contributed by atoms with E-state index in [1.807, 2.05) is 55.5 Å². The number of carbonyl (C=O) groups is 3. The maximum absolute atomic E-state index is 14.0. The number of benzene rings is 3. The van der Waals surface area contributed by atoms with Crippen molar-refractivity contribution in [3.8, 4) is 0 Å². The predicted octanol–water partition coefficient (Wildman–Crippen LogP) is 4.79. The minimum atomic E-state index is -1.18. The molecular weight excluding hydrogens is 422 g/mol. The third-order valence-electron chi connectivity index (χ3n) is 7.59. The lowest BCUT2D eigenvalue weighted by molar-refractivity contribution is -0.132. The van der Waals surface area contributed by atoms with Crippen LogP contribution in [-0.4, -0.2) is 17.6 Å². The van der Waals surface area contributed by atoms with Gasteiger partial charge in [-0.2, -0.15) is 0 Å². The molecule has 3 aromatic carbocycles. The highest BCUT2D eigenvalue weighted by Crippen LogP contribution is 2.64. The third-order valence-corrected chi connectivity index (χ3v) is 7.82.